The molecule has 124 valence electrons. The largest absolute Gasteiger partial charge is 0.275 e. The number of nitrogens with one attached hydrogen (secondary N) is 1. The molecule has 0 fully saturated rings. The Morgan fingerprint density at radius 1 is 1.04 bits per heavy atom. The molecule has 0 amide bonds. The molecule has 0 aromatic carbocycles. The molecule has 0 spiro atoms. The van der Waals surface area contributed by atoms with Gasteiger partial charge in [-0.25, -0.2) is 19.6 Å². The van der Waals surface area contributed by atoms with Crippen LogP contribution in [-0.4, -0.2) is 35.6 Å². The van der Waals surface area contributed by atoms with Gasteiger partial charge in [0.05, 0.1) is 0 Å². The lowest BCUT2D eigenvalue weighted by atomic mass is 10.4. The van der Waals surface area contributed by atoms with E-state index in [4.69, 9.17) is 0 Å². The molecule has 0 bridgehead atoms. The molecular formula is C16H12N6O2S. The minimum atomic E-state index is -0.299. The summed E-state index contributed by atoms with van der Waals surface area (Å²) in [6.07, 6.45) is 4.99. The van der Waals surface area contributed by atoms with Crippen LogP contribution in [0.1, 0.15) is 0 Å². The van der Waals surface area contributed by atoms with Gasteiger partial charge in [0.2, 0.25) is 0 Å². The quantitative estimate of drug-likeness (QED) is 0.442. The fraction of sp³-hybridized carbons (Fsp3) is 0.0625. The summed E-state index contributed by atoms with van der Waals surface area (Å²) in [7, 11) is 0. The van der Waals surface area contributed by atoms with Crippen molar-refractivity contribution in [3.63, 3.8) is 0 Å². The Balaban J connectivity index is 1.93. The van der Waals surface area contributed by atoms with E-state index < -0.39 is 0 Å². The summed E-state index contributed by atoms with van der Waals surface area (Å²) in [5, 5.41) is 3.64. The highest BCUT2D eigenvalue weighted by atomic mass is 32.2. The summed E-state index contributed by atoms with van der Waals surface area (Å²) in [4.78, 5) is 37.1. The molecule has 0 unspecified atom stereocenters. The van der Waals surface area contributed by atoms with Gasteiger partial charge in [-0.2, -0.15) is 0 Å². The highest BCUT2D eigenvalue weighted by Gasteiger charge is 2.13. The normalized spacial score (nSPS) is 11.1. The fourth-order valence-corrected chi connectivity index (χ4v) is 2.79. The van der Waals surface area contributed by atoms with Crippen molar-refractivity contribution in [2.24, 2.45) is 0 Å². The van der Waals surface area contributed by atoms with Gasteiger partial charge >= 0.3 is 0 Å². The maximum absolute atomic E-state index is 12.1. The predicted molar refractivity (Wildman–Crippen MR) is 94.7 cm³/mol. The van der Waals surface area contributed by atoms with Crippen LogP contribution in [-0.2, 0) is 0 Å². The van der Waals surface area contributed by atoms with Crippen molar-refractivity contribution in [2.45, 2.75) is 5.16 Å². The van der Waals surface area contributed by atoms with Crippen LogP contribution in [0.25, 0.3) is 22.7 Å². The molecule has 0 atom stereocenters. The van der Waals surface area contributed by atoms with Gasteiger partial charge < -0.3 is 0 Å². The summed E-state index contributed by atoms with van der Waals surface area (Å²) >= 11 is 1.38. The molecule has 0 saturated carbocycles. The first-order valence-corrected chi connectivity index (χ1v) is 8.57. The van der Waals surface area contributed by atoms with Crippen molar-refractivity contribution in [1.29, 1.82) is 0 Å². The number of aromatic amines is 1. The van der Waals surface area contributed by atoms with Crippen molar-refractivity contribution >= 4 is 22.8 Å². The number of aromatic nitrogens is 6. The van der Waals surface area contributed by atoms with Crippen LogP contribution in [0.5, 0.6) is 0 Å². The molecule has 4 aromatic rings. The summed E-state index contributed by atoms with van der Waals surface area (Å²) in [5.41, 5.74) is -0.0499. The van der Waals surface area contributed by atoms with Gasteiger partial charge in [-0.1, -0.05) is 23.9 Å². The zero-order valence-electron chi connectivity index (χ0n) is 13.1. The molecule has 0 radical (unpaired) electrons. The van der Waals surface area contributed by atoms with Crippen LogP contribution in [0.4, 0.5) is 0 Å². The lowest BCUT2D eigenvalue weighted by molar-refractivity contribution is 0.823. The monoisotopic (exact) mass is 352 g/mol. The Morgan fingerprint density at radius 2 is 1.88 bits per heavy atom. The van der Waals surface area contributed by atoms with Crippen LogP contribution in [0.3, 0.4) is 0 Å². The average molecular weight is 352 g/mol. The maximum Gasteiger partial charge on any atom is 0.275 e. The van der Waals surface area contributed by atoms with Gasteiger partial charge in [0.15, 0.2) is 16.6 Å². The van der Waals surface area contributed by atoms with E-state index in [0.29, 0.717) is 27.8 Å². The highest BCUT2D eigenvalue weighted by Crippen LogP contribution is 2.16. The van der Waals surface area contributed by atoms with Gasteiger partial charge in [0.1, 0.15) is 11.2 Å². The Morgan fingerprint density at radius 3 is 2.68 bits per heavy atom. The number of H-pyrrole nitrogens is 1. The van der Waals surface area contributed by atoms with Gasteiger partial charge in [-0.15, -0.1) is 0 Å². The molecule has 4 rings (SSSR count). The Bertz CT molecular complexity index is 1190. The van der Waals surface area contributed by atoms with Crippen LogP contribution in [0.15, 0.2) is 63.5 Å². The topological polar surface area (TPSA) is 98.5 Å². The molecule has 1 N–H and O–H groups in total. The summed E-state index contributed by atoms with van der Waals surface area (Å²) in [6, 6.07) is 10.1. The van der Waals surface area contributed by atoms with E-state index in [2.05, 4.69) is 20.1 Å². The minimum Gasteiger partial charge on any atom is -0.269 e. The standard InChI is InChI=1S/C16H12N6O2S/c1-25-16-17-9-10-14(19-16)22(20-15(10)24)12-6-4-5-11(18-12)21-8-3-2-7-13(21)23/h2-9H,1H3,(H,20,24). The molecule has 25 heavy (non-hydrogen) atoms. The first kappa shape index (κ1) is 15.3. The van der Waals surface area contributed by atoms with Gasteiger partial charge in [-0.3, -0.25) is 19.3 Å². The van der Waals surface area contributed by atoms with E-state index >= 15 is 0 Å². The zero-order chi connectivity index (χ0) is 17.4. The van der Waals surface area contributed by atoms with E-state index in [9.17, 15) is 9.59 Å². The van der Waals surface area contributed by atoms with E-state index in [1.54, 1.807) is 36.5 Å². The number of nitrogens with zero attached hydrogens (tertiary/aromatic N) is 5. The number of pyridine rings is 2. The van der Waals surface area contributed by atoms with Gasteiger partial charge in [0, 0.05) is 18.5 Å². The average Bonchev–Trinajstić information content (AvgIpc) is 2.98. The Kier molecular flexibility index (Phi) is 3.69. The van der Waals surface area contributed by atoms with E-state index in [0.717, 1.165) is 0 Å². The number of rotatable bonds is 3. The smallest absolute Gasteiger partial charge is 0.269 e. The van der Waals surface area contributed by atoms with Crippen LogP contribution >= 0.6 is 11.8 Å². The lowest BCUT2D eigenvalue weighted by Gasteiger charge is -2.07. The summed E-state index contributed by atoms with van der Waals surface area (Å²) < 4.78 is 2.92. The van der Waals surface area contributed by atoms with Crippen molar-refractivity contribution < 1.29 is 0 Å². The van der Waals surface area contributed by atoms with Crippen LogP contribution in [0.2, 0.25) is 0 Å². The zero-order valence-corrected chi connectivity index (χ0v) is 13.9. The number of fused-ring (bicyclic) bond motifs is 1. The van der Waals surface area contributed by atoms with Crippen LogP contribution in [0, 0.1) is 0 Å². The molecule has 0 aliphatic rings. The van der Waals surface area contributed by atoms with E-state index in [-0.39, 0.29) is 11.1 Å². The number of hydrogen-bond acceptors (Lipinski definition) is 6. The SMILES string of the molecule is CSc1ncc2c(=O)[nH]n(-c3cccc(-n4ccccc4=O)n3)c2n1. The number of thioether (sulfide) groups is 1. The van der Waals surface area contributed by atoms with Crippen molar-refractivity contribution in [3.05, 3.63) is 69.5 Å². The summed E-state index contributed by atoms with van der Waals surface area (Å²) in [6.45, 7) is 0. The highest BCUT2D eigenvalue weighted by molar-refractivity contribution is 7.98. The van der Waals surface area contributed by atoms with E-state index in [1.165, 1.54) is 33.3 Å². The van der Waals surface area contributed by atoms with Gasteiger partial charge in [-0.05, 0) is 24.5 Å². The second-order valence-corrected chi connectivity index (χ2v) is 5.91. The molecule has 0 aliphatic heterocycles. The Labute approximate surface area is 145 Å². The maximum atomic E-state index is 12.1. The van der Waals surface area contributed by atoms with Crippen molar-refractivity contribution in [3.8, 4) is 11.6 Å². The molecular weight excluding hydrogens is 340 g/mol. The first-order valence-electron chi connectivity index (χ1n) is 7.34. The third-order valence-electron chi connectivity index (χ3n) is 3.62. The van der Waals surface area contributed by atoms with Crippen molar-refractivity contribution in [2.75, 3.05) is 6.26 Å². The fourth-order valence-electron chi connectivity index (χ4n) is 2.45. The minimum absolute atomic E-state index is 0.190. The Hall–Kier alpha value is -3.20. The third kappa shape index (κ3) is 2.64. The number of hydrogen-bond donors (Lipinski definition) is 1. The van der Waals surface area contributed by atoms with Crippen molar-refractivity contribution in [1.82, 2.24) is 29.3 Å². The molecule has 4 aromatic heterocycles. The molecule has 4 heterocycles. The first-order chi connectivity index (χ1) is 12.2. The molecule has 0 saturated heterocycles. The van der Waals surface area contributed by atoms with E-state index in [1.807, 2.05) is 6.26 Å². The van der Waals surface area contributed by atoms with Gasteiger partial charge in [0.25, 0.3) is 11.1 Å². The second-order valence-electron chi connectivity index (χ2n) is 5.13. The summed E-state index contributed by atoms with van der Waals surface area (Å²) in [5.74, 6) is 0.899. The molecule has 9 heteroatoms. The van der Waals surface area contributed by atoms with Crippen LogP contribution < -0.4 is 11.1 Å². The molecule has 8 nitrogen and oxygen atoms in total. The third-order valence-corrected chi connectivity index (χ3v) is 4.18. The molecule has 0 aliphatic carbocycles. The lowest BCUT2D eigenvalue weighted by Crippen LogP contribution is -2.17. The predicted octanol–water partition coefficient (Wildman–Crippen LogP) is 1.38. The second kappa shape index (κ2) is 6.02.